The molecule has 2 aliphatic rings. The Kier molecular flexibility index (Phi) is 6.72. The standard InChI is InChI=1S/C20H27N3O4S/c24-19(21-12-10-15-4-2-1-3-5-15)16-6-8-17(9-7-16)22-20(25)23-18-11-13-28(26,27)14-18/h4,6-9,18H,1-3,5,10-14H2,(H,21,24)(H2,22,23,25)/t18-/m1/s1. The predicted molar refractivity (Wildman–Crippen MR) is 109 cm³/mol. The molecular weight excluding hydrogens is 378 g/mol. The molecule has 1 saturated heterocycles. The predicted octanol–water partition coefficient (Wildman–Crippen LogP) is 2.62. The fourth-order valence-corrected chi connectivity index (χ4v) is 5.21. The summed E-state index contributed by atoms with van der Waals surface area (Å²) in [5, 5.41) is 8.26. The molecule has 152 valence electrons. The number of hydrogen-bond donors (Lipinski definition) is 3. The first-order valence-corrected chi connectivity index (χ1v) is 11.6. The summed E-state index contributed by atoms with van der Waals surface area (Å²) in [6.07, 6.45) is 8.37. The van der Waals surface area contributed by atoms with Gasteiger partial charge in [-0.25, -0.2) is 13.2 Å². The number of allylic oxidation sites excluding steroid dienone is 1. The molecule has 1 aromatic carbocycles. The number of nitrogens with one attached hydrogen (secondary N) is 3. The first-order valence-electron chi connectivity index (χ1n) is 9.75. The molecule has 0 spiro atoms. The Balaban J connectivity index is 1.43. The molecule has 1 heterocycles. The number of anilines is 1. The summed E-state index contributed by atoms with van der Waals surface area (Å²) in [5.74, 6) is -0.0429. The van der Waals surface area contributed by atoms with E-state index in [1.54, 1.807) is 24.3 Å². The summed E-state index contributed by atoms with van der Waals surface area (Å²) in [4.78, 5) is 24.2. The molecule has 1 aliphatic heterocycles. The average Bonchev–Trinajstić information content (AvgIpc) is 3.01. The number of hydrogen-bond acceptors (Lipinski definition) is 4. The summed E-state index contributed by atoms with van der Waals surface area (Å²) in [5.41, 5.74) is 2.50. The van der Waals surface area contributed by atoms with Crippen molar-refractivity contribution in [2.75, 3.05) is 23.4 Å². The Labute approximate surface area is 165 Å². The number of carbonyl (C=O) groups is 2. The summed E-state index contributed by atoms with van der Waals surface area (Å²) in [7, 11) is -3.03. The van der Waals surface area contributed by atoms with Crippen molar-refractivity contribution in [2.45, 2.75) is 44.6 Å². The molecule has 0 bridgehead atoms. The molecule has 0 radical (unpaired) electrons. The lowest BCUT2D eigenvalue weighted by molar-refractivity contribution is 0.0954. The van der Waals surface area contributed by atoms with Crippen LogP contribution in [0.4, 0.5) is 10.5 Å². The Morgan fingerprint density at radius 2 is 1.89 bits per heavy atom. The van der Waals surface area contributed by atoms with E-state index in [0.29, 0.717) is 24.2 Å². The summed E-state index contributed by atoms with van der Waals surface area (Å²) >= 11 is 0. The van der Waals surface area contributed by atoms with Gasteiger partial charge in [-0.05, 0) is 62.8 Å². The van der Waals surface area contributed by atoms with Gasteiger partial charge >= 0.3 is 6.03 Å². The molecule has 0 unspecified atom stereocenters. The maximum atomic E-state index is 12.2. The number of benzene rings is 1. The highest BCUT2D eigenvalue weighted by molar-refractivity contribution is 7.91. The molecular formula is C20H27N3O4S. The average molecular weight is 406 g/mol. The molecule has 3 N–H and O–H groups in total. The van der Waals surface area contributed by atoms with E-state index in [4.69, 9.17) is 0 Å². The van der Waals surface area contributed by atoms with E-state index < -0.39 is 15.9 Å². The molecule has 1 aromatic rings. The number of carbonyl (C=O) groups excluding carboxylic acids is 2. The van der Waals surface area contributed by atoms with Crippen LogP contribution in [-0.2, 0) is 9.84 Å². The van der Waals surface area contributed by atoms with Crippen LogP contribution >= 0.6 is 0 Å². The minimum Gasteiger partial charge on any atom is -0.352 e. The molecule has 7 nitrogen and oxygen atoms in total. The Morgan fingerprint density at radius 1 is 1.11 bits per heavy atom. The topological polar surface area (TPSA) is 104 Å². The van der Waals surface area contributed by atoms with Gasteiger partial charge in [0.05, 0.1) is 11.5 Å². The second-order valence-electron chi connectivity index (χ2n) is 7.39. The monoisotopic (exact) mass is 405 g/mol. The van der Waals surface area contributed by atoms with Crippen molar-refractivity contribution in [3.63, 3.8) is 0 Å². The van der Waals surface area contributed by atoms with Gasteiger partial charge in [-0.1, -0.05) is 11.6 Å². The van der Waals surface area contributed by atoms with Crippen molar-refractivity contribution >= 4 is 27.5 Å². The number of rotatable bonds is 6. The van der Waals surface area contributed by atoms with Gasteiger partial charge < -0.3 is 16.0 Å². The molecule has 0 aromatic heterocycles. The number of urea groups is 1. The quantitative estimate of drug-likeness (QED) is 0.633. The van der Waals surface area contributed by atoms with Gasteiger partial charge in [-0.3, -0.25) is 4.79 Å². The fourth-order valence-electron chi connectivity index (χ4n) is 3.54. The Bertz CT molecular complexity index is 847. The van der Waals surface area contributed by atoms with Gasteiger partial charge in [0, 0.05) is 23.8 Å². The summed E-state index contributed by atoms with van der Waals surface area (Å²) in [6, 6.07) is 5.83. The number of amides is 3. The van der Waals surface area contributed by atoms with Gasteiger partial charge in [0.15, 0.2) is 9.84 Å². The second-order valence-corrected chi connectivity index (χ2v) is 9.62. The molecule has 3 rings (SSSR count). The van der Waals surface area contributed by atoms with Crippen LogP contribution in [0.2, 0.25) is 0 Å². The van der Waals surface area contributed by atoms with Crippen LogP contribution in [0.15, 0.2) is 35.9 Å². The normalized spacial score (nSPS) is 20.9. The smallest absolute Gasteiger partial charge is 0.319 e. The van der Waals surface area contributed by atoms with Crippen LogP contribution in [0.3, 0.4) is 0 Å². The molecule has 1 aliphatic carbocycles. The van der Waals surface area contributed by atoms with E-state index >= 15 is 0 Å². The fraction of sp³-hybridized carbons (Fsp3) is 0.500. The first kappa shape index (κ1) is 20.4. The van der Waals surface area contributed by atoms with Crippen LogP contribution in [0.1, 0.15) is 48.9 Å². The highest BCUT2D eigenvalue weighted by Crippen LogP contribution is 2.19. The van der Waals surface area contributed by atoms with Gasteiger partial charge in [0.2, 0.25) is 0 Å². The van der Waals surface area contributed by atoms with Gasteiger partial charge in [-0.15, -0.1) is 0 Å². The van der Waals surface area contributed by atoms with E-state index in [-0.39, 0.29) is 23.5 Å². The zero-order valence-electron chi connectivity index (χ0n) is 15.9. The summed E-state index contributed by atoms with van der Waals surface area (Å²) < 4.78 is 22.9. The maximum absolute atomic E-state index is 12.2. The van der Waals surface area contributed by atoms with E-state index in [1.165, 1.54) is 18.4 Å². The minimum absolute atomic E-state index is 0.0174. The first-order chi connectivity index (χ1) is 13.4. The molecule has 3 amide bonds. The highest BCUT2D eigenvalue weighted by atomic mass is 32.2. The van der Waals surface area contributed by atoms with Crippen molar-refractivity contribution in [1.29, 1.82) is 0 Å². The van der Waals surface area contributed by atoms with Crippen molar-refractivity contribution < 1.29 is 18.0 Å². The highest BCUT2D eigenvalue weighted by Gasteiger charge is 2.28. The van der Waals surface area contributed by atoms with Gasteiger partial charge in [0.1, 0.15) is 0 Å². The second kappa shape index (κ2) is 9.23. The van der Waals surface area contributed by atoms with Crippen molar-refractivity contribution in [3.8, 4) is 0 Å². The van der Waals surface area contributed by atoms with Crippen molar-refractivity contribution in [3.05, 3.63) is 41.5 Å². The Morgan fingerprint density at radius 3 is 2.54 bits per heavy atom. The maximum Gasteiger partial charge on any atom is 0.319 e. The lowest BCUT2D eigenvalue weighted by atomic mass is 9.97. The van der Waals surface area contributed by atoms with E-state index in [1.807, 2.05) is 0 Å². The van der Waals surface area contributed by atoms with Crippen LogP contribution in [0.25, 0.3) is 0 Å². The van der Waals surface area contributed by atoms with E-state index in [9.17, 15) is 18.0 Å². The third-order valence-corrected chi connectivity index (χ3v) is 6.86. The molecule has 8 heteroatoms. The molecule has 1 fully saturated rings. The van der Waals surface area contributed by atoms with Gasteiger partial charge in [0.25, 0.3) is 5.91 Å². The van der Waals surface area contributed by atoms with Crippen LogP contribution in [0, 0.1) is 0 Å². The van der Waals surface area contributed by atoms with Crippen molar-refractivity contribution in [1.82, 2.24) is 10.6 Å². The SMILES string of the molecule is O=C(Nc1ccc(C(=O)NCCC2=CCCCC2)cc1)N[C@@H]1CCS(=O)(=O)C1. The van der Waals surface area contributed by atoms with Crippen molar-refractivity contribution in [2.24, 2.45) is 0 Å². The minimum atomic E-state index is -3.03. The van der Waals surface area contributed by atoms with Crippen LogP contribution < -0.4 is 16.0 Å². The lowest BCUT2D eigenvalue weighted by Crippen LogP contribution is -2.38. The molecule has 28 heavy (non-hydrogen) atoms. The lowest BCUT2D eigenvalue weighted by Gasteiger charge is -2.13. The third-order valence-electron chi connectivity index (χ3n) is 5.09. The Hall–Kier alpha value is -2.35. The van der Waals surface area contributed by atoms with Gasteiger partial charge in [-0.2, -0.15) is 0 Å². The molecule has 1 atom stereocenters. The van der Waals surface area contributed by atoms with Crippen LogP contribution in [-0.4, -0.2) is 44.4 Å². The number of sulfone groups is 1. The van der Waals surface area contributed by atoms with E-state index in [0.717, 1.165) is 19.3 Å². The van der Waals surface area contributed by atoms with E-state index in [2.05, 4.69) is 22.0 Å². The largest absolute Gasteiger partial charge is 0.352 e. The molecule has 0 saturated carbocycles. The zero-order valence-corrected chi connectivity index (χ0v) is 16.7. The third kappa shape index (κ3) is 6.09. The zero-order chi connectivity index (χ0) is 20.0. The summed E-state index contributed by atoms with van der Waals surface area (Å²) in [6.45, 7) is 0.622. The van der Waals surface area contributed by atoms with Crippen LogP contribution in [0.5, 0.6) is 0 Å².